The topological polar surface area (TPSA) is 52.6 Å². The van der Waals surface area contributed by atoms with Gasteiger partial charge in [0.05, 0.1) is 4.91 Å². The van der Waals surface area contributed by atoms with Gasteiger partial charge in [-0.15, -0.1) is 0 Å². The van der Waals surface area contributed by atoms with E-state index in [1.807, 2.05) is 24.3 Å². The molecule has 0 radical (unpaired) electrons. The average molecular weight is 507 g/mol. The molecule has 0 bridgehead atoms. The van der Waals surface area contributed by atoms with Crippen LogP contribution in [0.4, 0.5) is 5.69 Å². The molecule has 0 aromatic heterocycles. The molecule has 5 heteroatoms. The van der Waals surface area contributed by atoms with Gasteiger partial charge in [0.2, 0.25) is 0 Å². The second-order valence-electron chi connectivity index (χ2n) is 12.5. The maximum absolute atomic E-state index is 13.9. The monoisotopic (exact) mass is 506 g/mol. The van der Waals surface area contributed by atoms with Crippen molar-refractivity contribution in [1.29, 1.82) is 0 Å². The van der Waals surface area contributed by atoms with Crippen LogP contribution < -0.4 is 5.32 Å². The molecule has 2 aliphatic rings. The van der Waals surface area contributed by atoms with Gasteiger partial charge in [-0.1, -0.05) is 91.3 Å². The van der Waals surface area contributed by atoms with Crippen molar-refractivity contribution >= 4 is 29.4 Å². The van der Waals surface area contributed by atoms with Crippen LogP contribution in [0.2, 0.25) is 0 Å². The van der Waals surface area contributed by atoms with E-state index in [4.69, 9.17) is 0 Å². The number of hydrogen-bond acceptors (Lipinski definition) is 4. The molecule has 2 fully saturated rings. The minimum Gasteiger partial charge on any atom is -0.507 e. The summed E-state index contributed by atoms with van der Waals surface area (Å²) < 4.78 is 0. The first-order chi connectivity index (χ1) is 16.9. The zero-order valence-corrected chi connectivity index (χ0v) is 23.7. The van der Waals surface area contributed by atoms with Gasteiger partial charge < -0.3 is 15.3 Å². The number of hydrogen-bond donors (Lipinski definition) is 2. The maximum Gasteiger partial charge on any atom is 0.262 e. The number of rotatable bonds is 4. The van der Waals surface area contributed by atoms with E-state index in [1.54, 1.807) is 11.8 Å². The highest BCUT2D eigenvalue weighted by molar-refractivity contribution is 8.05. The number of phenolic OH excluding ortho intramolecular Hbond substituents is 1. The molecule has 1 saturated heterocycles. The van der Waals surface area contributed by atoms with Crippen molar-refractivity contribution in [3.63, 3.8) is 0 Å². The quantitative estimate of drug-likeness (QED) is 0.414. The van der Waals surface area contributed by atoms with Gasteiger partial charge in [-0.05, 0) is 65.5 Å². The summed E-state index contributed by atoms with van der Waals surface area (Å²) in [5.41, 5.74) is 3.24. The van der Waals surface area contributed by atoms with E-state index in [-0.39, 0.29) is 28.3 Å². The van der Waals surface area contributed by atoms with Crippen LogP contribution in [0.15, 0.2) is 47.4 Å². The van der Waals surface area contributed by atoms with Crippen LogP contribution in [0.1, 0.15) is 90.8 Å². The van der Waals surface area contributed by atoms with E-state index in [9.17, 15) is 9.90 Å². The number of para-hydroxylation sites is 1. The highest BCUT2D eigenvalue weighted by Gasteiger charge is 2.43. The molecule has 2 aromatic carbocycles. The number of nitrogens with zero attached hydrogens (tertiary/aromatic N) is 1. The Labute approximate surface area is 221 Å². The van der Waals surface area contributed by atoms with Crippen molar-refractivity contribution < 1.29 is 9.90 Å². The minimum atomic E-state index is -0.216. The fourth-order valence-electron chi connectivity index (χ4n) is 5.40. The number of anilines is 1. The molecule has 1 aliphatic heterocycles. The predicted octanol–water partition coefficient (Wildman–Crippen LogP) is 7.88. The second kappa shape index (κ2) is 10.2. The molecule has 194 valence electrons. The minimum absolute atomic E-state index is 0.106. The molecule has 1 heterocycles. The Balaban J connectivity index is 1.76. The summed E-state index contributed by atoms with van der Waals surface area (Å²) in [5.74, 6) is 0.954. The number of aromatic hydroxyl groups is 1. The molecule has 1 amide bonds. The maximum atomic E-state index is 13.9. The van der Waals surface area contributed by atoms with Crippen LogP contribution in [-0.4, -0.2) is 27.5 Å². The van der Waals surface area contributed by atoms with Gasteiger partial charge in [0.25, 0.3) is 5.91 Å². The molecule has 2 aromatic rings. The standard InChI is InChI=1S/C31H42N2O2S/c1-20-13-11-12-16-25(20)33-28(35)26(36-29(33)32-22-14-9-8-10-15-22)19-21-17-23(30(2,3)4)27(34)24(18-21)31(5,6)7/h8-10,14-15,17-20,25,29,32,34H,11-13,16H2,1-7H3/b26-19-/t20-,25-,29?/m0/s1. The van der Waals surface area contributed by atoms with Crippen molar-refractivity contribution in [2.75, 3.05) is 5.32 Å². The first kappa shape index (κ1) is 26.7. The Morgan fingerprint density at radius 2 is 1.56 bits per heavy atom. The van der Waals surface area contributed by atoms with Crippen molar-refractivity contribution in [1.82, 2.24) is 4.90 Å². The largest absolute Gasteiger partial charge is 0.507 e. The third kappa shape index (κ3) is 5.61. The molecule has 4 nitrogen and oxygen atoms in total. The molecule has 1 saturated carbocycles. The van der Waals surface area contributed by atoms with Crippen LogP contribution in [0.25, 0.3) is 6.08 Å². The highest BCUT2D eigenvalue weighted by Crippen LogP contribution is 2.44. The zero-order chi connectivity index (χ0) is 26.3. The van der Waals surface area contributed by atoms with E-state index in [0.717, 1.165) is 40.1 Å². The molecule has 36 heavy (non-hydrogen) atoms. The third-order valence-corrected chi connectivity index (χ3v) is 8.58. The number of amides is 1. The summed E-state index contributed by atoms with van der Waals surface area (Å²) in [4.78, 5) is 16.8. The summed E-state index contributed by atoms with van der Waals surface area (Å²) in [5, 5.41) is 14.8. The highest BCUT2D eigenvalue weighted by atomic mass is 32.2. The summed E-state index contributed by atoms with van der Waals surface area (Å²) in [6.07, 6.45) is 6.66. The first-order valence-electron chi connectivity index (χ1n) is 13.3. The Bertz CT molecular complexity index is 1090. The molecule has 2 N–H and O–H groups in total. The van der Waals surface area contributed by atoms with Gasteiger partial charge in [-0.25, -0.2) is 0 Å². The number of thioether (sulfide) groups is 1. The van der Waals surface area contributed by atoms with E-state index >= 15 is 0 Å². The molecular formula is C31H42N2O2S. The summed E-state index contributed by atoms with van der Waals surface area (Å²) in [6.45, 7) is 15.0. The van der Waals surface area contributed by atoms with Crippen LogP contribution in [0, 0.1) is 5.92 Å². The average Bonchev–Trinajstić information content (AvgIpc) is 3.08. The van der Waals surface area contributed by atoms with E-state index < -0.39 is 0 Å². The van der Waals surface area contributed by atoms with Gasteiger partial charge in [-0.3, -0.25) is 4.79 Å². The first-order valence-corrected chi connectivity index (χ1v) is 14.1. The summed E-state index contributed by atoms with van der Waals surface area (Å²) in [6, 6.07) is 14.5. The van der Waals surface area contributed by atoms with Gasteiger partial charge >= 0.3 is 0 Å². The smallest absolute Gasteiger partial charge is 0.262 e. The Morgan fingerprint density at radius 3 is 2.11 bits per heavy atom. The zero-order valence-electron chi connectivity index (χ0n) is 22.9. The predicted molar refractivity (Wildman–Crippen MR) is 153 cm³/mol. The Morgan fingerprint density at radius 1 is 0.972 bits per heavy atom. The lowest BCUT2D eigenvalue weighted by atomic mass is 9.78. The lowest BCUT2D eigenvalue weighted by Crippen LogP contribution is -2.48. The second-order valence-corrected chi connectivity index (χ2v) is 13.6. The van der Waals surface area contributed by atoms with Gasteiger partial charge in [0.15, 0.2) is 5.50 Å². The number of carbonyl (C=O) groups excluding carboxylic acids is 1. The van der Waals surface area contributed by atoms with Crippen molar-refractivity contribution in [2.24, 2.45) is 5.92 Å². The van der Waals surface area contributed by atoms with E-state index in [1.165, 1.54) is 12.8 Å². The lowest BCUT2D eigenvalue weighted by Gasteiger charge is -2.39. The fourth-order valence-corrected chi connectivity index (χ4v) is 6.61. The van der Waals surface area contributed by atoms with Crippen LogP contribution >= 0.6 is 11.8 Å². The van der Waals surface area contributed by atoms with Crippen LogP contribution in [0.5, 0.6) is 5.75 Å². The molecule has 0 spiro atoms. The van der Waals surface area contributed by atoms with Gasteiger partial charge in [-0.2, -0.15) is 0 Å². The van der Waals surface area contributed by atoms with Crippen molar-refractivity contribution in [2.45, 2.75) is 96.5 Å². The van der Waals surface area contributed by atoms with Gasteiger partial charge in [0, 0.05) is 22.9 Å². The van der Waals surface area contributed by atoms with Crippen molar-refractivity contribution in [3.05, 3.63) is 64.1 Å². The van der Waals surface area contributed by atoms with E-state index in [2.05, 4.69) is 82.9 Å². The Kier molecular flexibility index (Phi) is 7.52. The lowest BCUT2D eigenvalue weighted by molar-refractivity contribution is -0.129. The summed E-state index contributed by atoms with van der Waals surface area (Å²) in [7, 11) is 0. The number of carbonyl (C=O) groups is 1. The van der Waals surface area contributed by atoms with Crippen LogP contribution in [-0.2, 0) is 15.6 Å². The molecule has 1 aliphatic carbocycles. The third-order valence-electron chi connectivity index (χ3n) is 7.47. The number of benzene rings is 2. The normalized spacial score (nSPS) is 24.4. The molecule has 3 atom stereocenters. The SMILES string of the molecule is C[C@H]1CCCC[C@@H]1N1C(=O)/C(=C/c2cc(C(C)(C)C)c(O)c(C(C)(C)C)c2)SC1Nc1ccccc1. The Hall–Kier alpha value is -2.40. The van der Waals surface area contributed by atoms with E-state index in [0.29, 0.717) is 11.7 Å². The van der Waals surface area contributed by atoms with Crippen molar-refractivity contribution in [3.8, 4) is 5.75 Å². The number of nitrogens with one attached hydrogen (secondary N) is 1. The molecule has 4 rings (SSSR count). The van der Waals surface area contributed by atoms with Crippen LogP contribution in [0.3, 0.4) is 0 Å². The van der Waals surface area contributed by atoms with Gasteiger partial charge in [0.1, 0.15) is 5.75 Å². The number of phenols is 1. The fraction of sp³-hybridized carbons (Fsp3) is 0.516. The summed E-state index contributed by atoms with van der Waals surface area (Å²) >= 11 is 1.61. The molecular weight excluding hydrogens is 464 g/mol. The molecule has 1 unspecified atom stereocenters.